The molecule has 4 nitrogen and oxygen atoms in total. The summed E-state index contributed by atoms with van der Waals surface area (Å²) in [4.78, 5) is 10.8. The van der Waals surface area contributed by atoms with Gasteiger partial charge in [0.1, 0.15) is 5.82 Å². The van der Waals surface area contributed by atoms with Gasteiger partial charge in [-0.15, -0.1) is 0 Å². The Morgan fingerprint density at radius 1 is 1.22 bits per heavy atom. The normalized spacial score (nSPS) is 11.7. The summed E-state index contributed by atoms with van der Waals surface area (Å²) in [5, 5.41) is 3.21. The number of hydrogen-bond donors (Lipinski definition) is 1. The van der Waals surface area contributed by atoms with Gasteiger partial charge in [0.15, 0.2) is 0 Å². The summed E-state index contributed by atoms with van der Waals surface area (Å²) in [7, 11) is 3.94. The number of rotatable bonds is 6. The molecule has 5 heteroatoms. The molecule has 0 radical (unpaired) electrons. The highest BCUT2D eigenvalue weighted by Gasteiger charge is 2.08. The summed E-state index contributed by atoms with van der Waals surface area (Å²) < 4.78 is 13.1. The summed E-state index contributed by atoms with van der Waals surface area (Å²) in [5.74, 6) is 0.388. The lowest BCUT2D eigenvalue weighted by Gasteiger charge is -2.14. The number of aromatic nitrogens is 2. The molecule has 0 amide bonds. The lowest BCUT2D eigenvalue weighted by atomic mass is 10.0. The molecule has 0 aliphatic heterocycles. The van der Waals surface area contributed by atoms with E-state index in [2.05, 4.69) is 15.3 Å². The number of allylic oxidation sites excluding steroid dienone is 1. The maximum Gasteiger partial charge on any atom is 0.223 e. The van der Waals surface area contributed by atoms with Gasteiger partial charge < -0.3 is 10.2 Å². The van der Waals surface area contributed by atoms with Crippen LogP contribution in [0.25, 0.3) is 5.57 Å². The molecule has 1 heterocycles. The van der Waals surface area contributed by atoms with Crippen LogP contribution in [-0.4, -0.2) is 35.0 Å². The van der Waals surface area contributed by atoms with Crippen molar-refractivity contribution in [3.8, 4) is 0 Å². The third kappa shape index (κ3) is 5.36. The van der Waals surface area contributed by atoms with Crippen molar-refractivity contribution in [2.75, 3.05) is 19.4 Å². The summed E-state index contributed by atoms with van der Waals surface area (Å²) in [5.41, 5.74) is 2.95. The lowest BCUT2D eigenvalue weighted by Crippen LogP contribution is -2.13. The summed E-state index contributed by atoms with van der Waals surface area (Å²) in [6.07, 6.45) is 4.46. The zero-order valence-electron chi connectivity index (χ0n) is 14.0. The molecule has 122 valence electrons. The molecule has 2 rings (SSSR count). The van der Waals surface area contributed by atoms with Crippen molar-refractivity contribution < 1.29 is 4.39 Å². The first-order valence-electron chi connectivity index (χ1n) is 7.65. The van der Waals surface area contributed by atoms with Gasteiger partial charge in [-0.1, -0.05) is 12.1 Å². The molecule has 0 fully saturated rings. The molecule has 0 aliphatic carbocycles. The van der Waals surface area contributed by atoms with Crippen molar-refractivity contribution in [1.29, 1.82) is 0 Å². The van der Waals surface area contributed by atoms with Crippen LogP contribution in [0.5, 0.6) is 0 Å². The van der Waals surface area contributed by atoms with Crippen molar-refractivity contribution >= 4 is 11.5 Å². The van der Waals surface area contributed by atoms with E-state index in [4.69, 9.17) is 0 Å². The molecule has 1 aromatic carbocycles. The van der Waals surface area contributed by atoms with Crippen LogP contribution in [-0.2, 0) is 6.42 Å². The van der Waals surface area contributed by atoms with Crippen molar-refractivity contribution in [3.63, 3.8) is 0 Å². The monoisotopic (exact) mass is 314 g/mol. The van der Waals surface area contributed by atoms with E-state index in [9.17, 15) is 4.39 Å². The molecular weight excluding hydrogens is 291 g/mol. The second kappa shape index (κ2) is 7.72. The van der Waals surface area contributed by atoms with E-state index in [-0.39, 0.29) is 11.9 Å². The van der Waals surface area contributed by atoms with E-state index in [1.165, 1.54) is 12.1 Å². The molecule has 0 spiro atoms. The number of hydrogen-bond acceptors (Lipinski definition) is 4. The first kappa shape index (κ1) is 16.9. The Labute approximate surface area is 137 Å². The average Bonchev–Trinajstić information content (AvgIpc) is 2.48. The van der Waals surface area contributed by atoms with Crippen molar-refractivity contribution in [2.45, 2.75) is 26.3 Å². The van der Waals surface area contributed by atoms with E-state index in [0.29, 0.717) is 12.4 Å². The summed E-state index contributed by atoms with van der Waals surface area (Å²) in [6, 6.07) is 8.72. The Bertz CT molecular complexity index is 663. The Hall–Kier alpha value is -2.43. The number of nitrogens with zero attached hydrogens (tertiary/aromatic N) is 3. The van der Waals surface area contributed by atoms with Crippen LogP contribution >= 0.6 is 0 Å². The van der Waals surface area contributed by atoms with Crippen LogP contribution in [0.4, 0.5) is 10.3 Å². The lowest BCUT2D eigenvalue weighted by molar-refractivity contribution is 0.564. The number of nitrogens with one attached hydrogen (secondary N) is 1. The smallest absolute Gasteiger partial charge is 0.223 e. The van der Waals surface area contributed by atoms with Gasteiger partial charge in [-0.3, -0.25) is 0 Å². The van der Waals surface area contributed by atoms with Crippen LogP contribution in [0, 0.1) is 5.82 Å². The van der Waals surface area contributed by atoms with E-state index in [0.717, 1.165) is 16.8 Å². The van der Waals surface area contributed by atoms with E-state index in [1.807, 2.05) is 45.1 Å². The molecule has 0 unspecified atom stereocenters. The molecule has 1 aromatic heterocycles. The molecule has 1 N–H and O–H groups in total. The second-order valence-corrected chi connectivity index (χ2v) is 5.99. The number of benzene rings is 1. The van der Waals surface area contributed by atoms with Crippen LogP contribution < -0.4 is 5.32 Å². The Morgan fingerprint density at radius 2 is 1.91 bits per heavy atom. The fourth-order valence-corrected chi connectivity index (χ4v) is 2.20. The predicted octanol–water partition coefficient (Wildman–Crippen LogP) is 3.58. The third-order valence-corrected chi connectivity index (χ3v) is 3.12. The summed E-state index contributed by atoms with van der Waals surface area (Å²) in [6.45, 7) is 4.09. The molecule has 23 heavy (non-hydrogen) atoms. The topological polar surface area (TPSA) is 41.1 Å². The minimum absolute atomic E-state index is 0.225. The standard InChI is InChI=1S/C18H23FN4/c1-13(2)21-18-20-10-9-17(22-18)15(12-23(3)4)11-14-5-7-16(19)8-6-14/h5-10,12-13H,11H2,1-4H3,(H,20,21,22). The molecule has 0 saturated carbocycles. The maximum atomic E-state index is 13.1. The van der Waals surface area contributed by atoms with Crippen molar-refractivity contribution in [1.82, 2.24) is 14.9 Å². The number of halogens is 1. The molecule has 0 saturated heterocycles. The minimum atomic E-state index is -0.225. The van der Waals surface area contributed by atoms with E-state index in [1.54, 1.807) is 18.3 Å². The van der Waals surface area contributed by atoms with Crippen LogP contribution in [0.15, 0.2) is 42.7 Å². The first-order valence-corrected chi connectivity index (χ1v) is 7.65. The van der Waals surface area contributed by atoms with Gasteiger partial charge in [-0.2, -0.15) is 0 Å². The van der Waals surface area contributed by atoms with Gasteiger partial charge in [0.2, 0.25) is 5.95 Å². The molecule has 0 bridgehead atoms. The summed E-state index contributed by atoms with van der Waals surface area (Å²) >= 11 is 0. The van der Waals surface area contributed by atoms with Crippen molar-refractivity contribution in [3.05, 3.63) is 59.8 Å². The second-order valence-electron chi connectivity index (χ2n) is 5.99. The van der Waals surface area contributed by atoms with Gasteiger partial charge in [0.05, 0.1) is 5.69 Å². The Balaban J connectivity index is 2.30. The average molecular weight is 314 g/mol. The van der Waals surface area contributed by atoms with E-state index >= 15 is 0 Å². The largest absolute Gasteiger partial charge is 0.383 e. The zero-order chi connectivity index (χ0) is 16.8. The van der Waals surface area contributed by atoms with Crippen LogP contribution in [0.2, 0.25) is 0 Å². The van der Waals surface area contributed by atoms with Gasteiger partial charge in [-0.05, 0) is 43.2 Å². The quantitative estimate of drug-likeness (QED) is 0.885. The highest BCUT2D eigenvalue weighted by molar-refractivity contribution is 5.65. The fraction of sp³-hybridized carbons (Fsp3) is 0.333. The molecule has 0 aliphatic rings. The minimum Gasteiger partial charge on any atom is -0.383 e. The fourth-order valence-electron chi connectivity index (χ4n) is 2.20. The zero-order valence-corrected chi connectivity index (χ0v) is 14.0. The van der Waals surface area contributed by atoms with Crippen LogP contribution in [0.3, 0.4) is 0 Å². The van der Waals surface area contributed by atoms with Crippen LogP contribution in [0.1, 0.15) is 25.1 Å². The highest BCUT2D eigenvalue weighted by atomic mass is 19.1. The molecular formula is C18H23FN4. The first-order chi connectivity index (χ1) is 10.9. The predicted molar refractivity (Wildman–Crippen MR) is 92.6 cm³/mol. The SMILES string of the molecule is CC(C)Nc1nccc(C(=CN(C)C)Cc2ccc(F)cc2)n1. The maximum absolute atomic E-state index is 13.1. The highest BCUT2D eigenvalue weighted by Crippen LogP contribution is 2.19. The van der Waals surface area contributed by atoms with Gasteiger partial charge in [0, 0.05) is 39.0 Å². The van der Waals surface area contributed by atoms with Gasteiger partial charge in [-0.25, -0.2) is 14.4 Å². The Morgan fingerprint density at radius 3 is 2.52 bits per heavy atom. The number of anilines is 1. The molecule has 2 aromatic rings. The van der Waals surface area contributed by atoms with Gasteiger partial charge >= 0.3 is 0 Å². The molecule has 0 atom stereocenters. The Kier molecular flexibility index (Phi) is 5.68. The van der Waals surface area contributed by atoms with Crippen molar-refractivity contribution in [2.24, 2.45) is 0 Å². The third-order valence-electron chi connectivity index (χ3n) is 3.12. The van der Waals surface area contributed by atoms with E-state index < -0.39 is 0 Å². The van der Waals surface area contributed by atoms with Gasteiger partial charge in [0.25, 0.3) is 0 Å².